The zero-order valence-electron chi connectivity index (χ0n) is 5.94. The van der Waals surface area contributed by atoms with Crippen LogP contribution in [0.5, 0.6) is 0 Å². The van der Waals surface area contributed by atoms with Crippen LogP contribution < -0.4 is 5.73 Å². The largest absolute Gasteiger partial charge is 0.480 e. The minimum Gasteiger partial charge on any atom is -0.480 e. The van der Waals surface area contributed by atoms with Gasteiger partial charge in [-0.1, -0.05) is 0 Å². The molecule has 0 saturated carbocycles. The summed E-state index contributed by atoms with van der Waals surface area (Å²) in [4.78, 5) is 17.6. The Morgan fingerprint density at radius 3 is 2.50 bits per heavy atom. The standard InChI is InChI=1S/C6H6ClN3O2/c7-6-9-1-3(2-10-6)4(8)5(11)12/h1-2,4H,8H2,(H,11,12). The zero-order chi connectivity index (χ0) is 9.14. The van der Waals surface area contributed by atoms with Gasteiger partial charge in [-0.25, -0.2) is 9.97 Å². The second-order valence-electron chi connectivity index (χ2n) is 2.10. The number of aromatic nitrogens is 2. The quantitative estimate of drug-likeness (QED) is 0.647. The van der Waals surface area contributed by atoms with Gasteiger partial charge in [-0.05, 0) is 11.6 Å². The van der Waals surface area contributed by atoms with E-state index in [2.05, 4.69) is 9.97 Å². The molecule has 0 aliphatic heterocycles. The lowest BCUT2D eigenvalue weighted by molar-refractivity contribution is -0.138. The van der Waals surface area contributed by atoms with E-state index in [9.17, 15) is 4.79 Å². The van der Waals surface area contributed by atoms with Crippen LogP contribution in [0.2, 0.25) is 5.28 Å². The number of hydrogen-bond acceptors (Lipinski definition) is 4. The van der Waals surface area contributed by atoms with Gasteiger partial charge >= 0.3 is 5.97 Å². The molecule has 0 radical (unpaired) electrons. The Morgan fingerprint density at radius 2 is 2.08 bits per heavy atom. The molecule has 5 nitrogen and oxygen atoms in total. The molecule has 0 spiro atoms. The highest BCUT2D eigenvalue weighted by Crippen LogP contribution is 2.08. The number of carboxylic acid groups (broad SMARTS) is 1. The molecule has 0 saturated heterocycles. The van der Waals surface area contributed by atoms with Crippen LogP contribution in [0.1, 0.15) is 11.6 Å². The van der Waals surface area contributed by atoms with Crippen LogP contribution in [-0.2, 0) is 4.79 Å². The fourth-order valence-corrected chi connectivity index (χ4v) is 0.723. The summed E-state index contributed by atoms with van der Waals surface area (Å²) >= 11 is 5.39. The van der Waals surface area contributed by atoms with Crippen molar-refractivity contribution in [1.82, 2.24) is 9.97 Å². The van der Waals surface area contributed by atoms with Crippen molar-refractivity contribution in [3.05, 3.63) is 23.2 Å². The van der Waals surface area contributed by atoms with Crippen molar-refractivity contribution in [2.75, 3.05) is 0 Å². The van der Waals surface area contributed by atoms with Crippen molar-refractivity contribution in [2.45, 2.75) is 6.04 Å². The molecule has 64 valence electrons. The van der Waals surface area contributed by atoms with Gasteiger partial charge in [0.15, 0.2) is 0 Å². The second-order valence-corrected chi connectivity index (χ2v) is 2.44. The normalized spacial score (nSPS) is 12.5. The smallest absolute Gasteiger partial charge is 0.325 e. The van der Waals surface area contributed by atoms with Crippen molar-refractivity contribution in [2.24, 2.45) is 5.73 Å². The lowest BCUT2D eigenvalue weighted by Gasteiger charge is -2.03. The fourth-order valence-electron chi connectivity index (χ4n) is 0.625. The van der Waals surface area contributed by atoms with Gasteiger partial charge in [-0.2, -0.15) is 0 Å². The van der Waals surface area contributed by atoms with Gasteiger partial charge in [0.05, 0.1) is 0 Å². The summed E-state index contributed by atoms with van der Waals surface area (Å²) in [6, 6.07) is -1.10. The van der Waals surface area contributed by atoms with Crippen molar-refractivity contribution >= 4 is 17.6 Å². The van der Waals surface area contributed by atoms with Crippen molar-refractivity contribution < 1.29 is 9.90 Å². The average Bonchev–Trinajstić information content (AvgIpc) is 2.04. The molecule has 1 aromatic rings. The third-order valence-electron chi connectivity index (χ3n) is 1.27. The van der Waals surface area contributed by atoms with Crippen LogP contribution in [0.25, 0.3) is 0 Å². The van der Waals surface area contributed by atoms with Crippen molar-refractivity contribution in [1.29, 1.82) is 0 Å². The lowest BCUT2D eigenvalue weighted by Crippen LogP contribution is -2.20. The summed E-state index contributed by atoms with van der Waals surface area (Å²) in [5.41, 5.74) is 5.59. The van der Waals surface area contributed by atoms with Crippen LogP contribution in [0.3, 0.4) is 0 Å². The summed E-state index contributed by atoms with van der Waals surface area (Å²) in [7, 11) is 0. The molecular formula is C6H6ClN3O2. The first-order valence-electron chi connectivity index (χ1n) is 3.07. The Bertz CT molecular complexity index is 287. The molecule has 0 bridgehead atoms. The molecule has 1 heterocycles. The highest BCUT2D eigenvalue weighted by atomic mass is 35.5. The molecule has 1 aromatic heterocycles. The van der Waals surface area contributed by atoms with Gasteiger partial charge in [-0.15, -0.1) is 0 Å². The van der Waals surface area contributed by atoms with E-state index < -0.39 is 12.0 Å². The van der Waals surface area contributed by atoms with E-state index in [1.165, 1.54) is 12.4 Å². The molecule has 1 rings (SSSR count). The molecule has 0 aliphatic rings. The highest BCUT2D eigenvalue weighted by Gasteiger charge is 2.14. The summed E-state index contributed by atoms with van der Waals surface area (Å²) in [5, 5.41) is 8.56. The number of aliphatic carboxylic acids is 1. The van der Waals surface area contributed by atoms with Gasteiger partial charge in [0.1, 0.15) is 6.04 Å². The molecule has 1 unspecified atom stereocenters. The van der Waals surface area contributed by atoms with E-state index in [1.807, 2.05) is 0 Å². The number of nitrogens with zero attached hydrogens (tertiary/aromatic N) is 2. The third-order valence-corrected chi connectivity index (χ3v) is 1.46. The maximum Gasteiger partial charge on any atom is 0.325 e. The number of nitrogens with two attached hydrogens (primary N) is 1. The molecule has 6 heteroatoms. The lowest BCUT2D eigenvalue weighted by atomic mass is 10.2. The average molecular weight is 188 g/mol. The van der Waals surface area contributed by atoms with Crippen LogP contribution in [0.4, 0.5) is 0 Å². The summed E-state index contributed by atoms with van der Waals surface area (Å²) in [6.45, 7) is 0. The predicted molar refractivity (Wildman–Crippen MR) is 41.6 cm³/mol. The zero-order valence-corrected chi connectivity index (χ0v) is 6.69. The molecular weight excluding hydrogens is 182 g/mol. The van der Waals surface area contributed by atoms with Gasteiger partial charge in [0, 0.05) is 18.0 Å². The molecule has 0 aliphatic carbocycles. The molecule has 1 atom stereocenters. The number of hydrogen-bond donors (Lipinski definition) is 2. The van der Waals surface area contributed by atoms with E-state index in [0.29, 0.717) is 5.56 Å². The maximum absolute atomic E-state index is 10.4. The molecule has 0 aromatic carbocycles. The summed E-state index contributed by atoms with van der Waals surface area (Å²) in [5.74, 6) is -1.12. The maximum atomic E-state index is 10.4. The molecule has 12 heavy (non-hydrogen) atoms. The molecule has 0 fully saturated rings. The predicted octanol–water partition coefficient (Wildman–Crippen LogP) is 0.214. The first-order chi connectivity index (χ1) is 5.61. The number of rotatable bonds is 2. The monoisotopic (exact) mass is 187 g/mol. The SMILES string of the molecule is NC(C(=O)O)c1cnc(Cl)nc1. The van der Waals surface area contributed by atoms with Gasteiger partial charge in [-0.3, -0.25) is 4.79 Å². The highest BCUT2D eigenvalue weighted by molar-refractivity contribution is 6.28. The first kappa shape index (κ1) is 8.89. The Kier molecular flexibility index (Phi) is 2.57. The number of carboxylic acids is 1. The second kappa shape index (κ2) is 3.46. The van der Waals surface area contributed by atoms with E-state index >= 15 is 0 Å². The Morgan fingerprint density at radius 1 is 1.58 bits per heavy atom. The van der Waals surface area contributed by atoms with Crippen molar-refractivity contribution in [3.63, 3.8) is 0 Å². The number of carbonyl (C=O) groups is 1. The molecule has 3 N–H and O–H groups in total. The first-order valence-corrected chi connectivity index (χ1v) is 3.45. The fraction of sp³-hybridized carbons (Fsp3) is 0.167. The summed E-state index contributed by atoms with van der Waals surface area (Å²) in [6.07, 6.45) is 2.57. The van der Waals surface area contributed by atoms with Crippen molar-refractivity contribution in [3.8, 4) is 0 Å². The topological polar surface area (TPSA) is 89.1 Å². The minimum atomic E-state index is -1.12. The van der Waals surface area contributed by atoms with Crippen LogP contribution >= 0.6 is 11.6 Å². The van der Waals surface area contributed by atoms with Gasteiger partial charge in [0.25, 0.3) is 0 Å². The minimum absolute atomic E-state index is 0.0661. The van der Waals surface area contributed by atoms with Crippen LogP contribution in [0.15, 0.2) is 12.4 Å². The Balaban J connectivity index is 2.89. The van der Waals surface area contributed by atoms with Crippen LogP contribution in [-0.4, -0.2) is 21.0 Å². The van der Waals surface area contributed by atoms with E-state index in [4.69, 9.17) is 22.4 Å². The van der Waals surface area contributed by atoms with E-state index in [-0.39, 0.29) is 5.28 Å². The Labute approximate surface area is 73.2 Å². The van der Waals surface area contributed by atoms with Gasteiger partial charge < -0.3 is 10.8 Å². The van der Waals surface area contributed by atoms with Crippen LogP contribution in [0, 0.1) is 0 Å². The summed E-state index contributed by atoms with van der Waals surface area (Å²) < 4.78 is 0. The van der Waals surface area contributed by atoms with E-state index in [1.54, 1.807) is 0 Å². The number of halogens is 1. The van der Waals surface area contributed by atoms with E-state index in [0.717, 1.165) is 0 Å². The Hall–Kier alpha value is -1.20. The molecule has 0 amide bonds. The third kappa shape index (κ3) is 1.90. The van der Waals surface area contributed by atoms with Gasteiger partial charge in [0.2, 0.25) is 5.28 Å².